The summed E-state index contributed by atoms with van der Waals surface area (Å²) in [5.74, 6) is 7.03. The minimum Gasteiger partial charge on any atom is -0.459 e. The van der Waals surface area contributed by atoms with Gasteiger partial charge in [-0.1, -0.05) is 0 Å². The van der Waals surface area contributed by atoms with Crippen LogP contribution in [0.25, 0.3) is 0 Å². The standard InChI is InChI=1S/C9H8O4/c1-3-13-9(11)7-5-4-6-8(10)12-2/h3H2,1-2H3. The molecule has 0 unspecified atom stereocenters. The third-order valence-electron chi connectivity index (χ3n) is 0.852. The largest absolute Gasteiger partial charge is 0.459 e. The molecule has 0 radical (unpaired) electrons. The summed E-state index contributed by atoms with van der Waals surface area (Å²) in [4.78, 5) is 21.0. The first-order valence-corrected chi connectivity index (χ1v) is 3.47. The van der Waals surface area contributed by atoms with Gasteiger partial charge in [-0.15, -0.1) is 0 Å². The third kappa shape index (κ3) is 6.46. The van der Waals surface area contributed by atoms with E-state index in [4.69, 9.17) is 0 Å². The number of ether oxygens (including phenoxy) is 2. The Morgan fingerprint density at radius 1 is 1.15 bits per heavy atom. The van der Waals surface area contributed by atoms with Crippen molar-refractivity contribution in [3.05, 3.63) is 0 Å². The first kappa shape index (κ1) is 11.1. The van der Waals surface area contributed by atoms with Crippen molar-refractivity contribution in [2.24, 2.45) is 0 Å². The summed E-state index contributed by atoms with van der Waals surface area (Å²) in [6.45, 7) is 1.93. The predicted octanol–water partition coefficient (Wildman–Crippen LogP) is -0.271. The number of methoxy groups -OCH3 is 1. The summed E-state index contributed by atoms with van der Waals surface area (Å²) in [6, 6.07) is 0. The van der Waals surface area contributed by atoms with Crippen LogP contribution in [0.15, 0.2) is 0 Å². The van der Waals surface area contributed by atoms with Crippen molar-refractivity contribution >= 4 is 11.9 Å². The van der Waals surface area contributed by atoms with Crippen LogP contribution in [0.5, 0.6) is 0 Å². The van der Waals surface area contributed by atoms with Crippen LogP contribution >= 0.6 is 0 Å². The Morgan fingerprint density at radius 2 is 1.69 bits per heavy atom. The van der Waals surface area contributed by atoms with Crippen molar-refractivity contribution in [2.75, 3.05) is 13.7 Å². The Bertz CT molecular complexity index is 308. The molecule has 0 spiro atoms. The SMILES string of the molecule is CCOC(=O)C#CC#CC(=O)OC. The molecule has 0 saturated carbocycles. The lowest BCUT2D eigenvalue weighted by Crippen LogP contribution is -1.99. The van der Waals surface area contributed by atoms with E-state index in [0.29, 0.717) is 0 Å². The van der Waals surface area contributed by atoms with E-state index in [1.807, 2.05) is 5.92 Å². The van der Waals surface area contributed by atoms with E-state index in [9.17, 15) is 9.59 Å². The average molecular weight is 180 g/mol. The highest BCUT2D eigenvalue weighted by Gasteiger charge is 1.90. The van der Waals surface area contributed by atoms with Crippen molar-refractivity contribution in [1.82, 2.24) is 0 Å². The fraction of sp³-hybridized carbons (Fsp3) is 0.333. The van der Waals surface area contributed by atoms with Gasteiger partial charge in [0.15, 0.2) is 0 Å². The lowest BCUT2D eigenvalue weighted by Gasteiger charge is -1.89. The molecule has 0 aromatic carbocycles. The molecule has 4 heteroatoms. The van der Waals surface area contributed by atoms with Crippen LogP contribution in [0.1, 0.15) is 6.92 Å². The molecular formula is C9H8O4. The Hall–Kier alpha value is -1.94. The second-order valence-corrected chi connectivity index (χ2v) is 1.71. The molecule has 0 fully saturated rings. The highest BCUT2D eigenvalue weighted by molar-refractivity contribution is 5.91. The van der Waals surface area contributed by atoms with Gasteiger partial charge in [-0.2, -0.15) is 0 Å². The summed E-state index contributed by atoms with van der Waals surface area (Å²) in [5, 5.41) is 0. The molecule has 0 rings (SSSR count). The molecule has 0 aliphatic heterocycles. The fourth-order valence-corrected chi connectivity index (χ4v) is 0.383. The maximum atomic E-state index is 10.6. The normalized spacial score (nSPS) is 6.92. The molecule has 0 amide bonds. The van der Waals surface area contributed by atoms with Crippen molar-refractivity contribution < 1.29 is 19.1 Å². The summed E-state index contributed by atoms with van der Waals surface area (Å²) >= 11 is 0. The van der Waals surface area contributed by atoms with Crippen molar-refractivity contribution in [3.8, 4) is 23.7 Å². The van der Waals surface area contributed by atoms with E-state index in [1.54, 1.807) is 6.92 Å². The molecule has 0 bridgehead atoms. The minimum atomic E-state index is -0.696. The van der Waals surface area contributed by atoms with Gasteiger partial charge in [-0.25, -0.2) is 9.59 Å². The van der Waals surface area contributed by atoms with E-state index < -0.39 is 11.9 Å². The molecule has 0 N–H and O–H groups in total. The third-order valence-corrected chi connectivity index (χ3v) is 0.852. The number of hydrogen-bond donors (Lipinski definition) is 0. The van der Waals surface area contributed by atoms with E-state index in [2.05, 4.69) is 27.2 Å². The zero-order valence-electron chi connectivity index (χ0n) is 7.34. The van der Waals surface area contributed by atoms with E-state index >= 15 is 0 Å². The second-order valence-electron chi connectivity index (χ2n) is 1.71. The summed E-state index contributed by atoms with van der Waals surface area (Å²) < 4.78 is 8.69. The van der Waals surface area contributed by atoms with Crippen LogP contribution in [0.2, 0.25) is 0 Å². The second kappa shape index (κ2) is 6.75. The summed E-state index contributed by atoms with van der Waals surface area (Å²) in [5.41, 5.74) is 0. The molecule has 0 aromatic heterocycles. The van der Waals surface area contributed by atoms with Gasteiger partial charge in [0.05, 0.1) is 13.7 Å². The number of carbonyl (C=O) groups excluding carboxylic acids is 2. The van der Waals surface area contributed by atoms with Gasteiger partial charge < -0.3 is 9.47 Å². The lowest BCUT2D eigenvalue weighted by molar-refractivity contribution is -0.136. The van der Waals surface area contributed by atoms with Gasteiger partial charge in [-0.3, -0.25) is 0 Å². The van der Waals surface area contributed by atoms with Gasteiger partial charge >= 0.3 is 11.9 Å². The smallest absolute Gasteiger partial charge is 0.385 e. The van der Waals surface area contributed by atoms with Crippen LogP contribution in [-0.2, 0) is 19.1 Å². The molecular weight excluding hydrogens is 172 g/mol. The quantitative estimate of drug-likeness (QED) is 0.316. The highest BCUT2D eigenvalue weighted by Crippen LogP contribution is 1.73. The van der Waals surface area contributed by atoms with Crippen molar-refractivity contribution in [2.45, 2.75) is 6.92 Å². The van der Waals surface area contributed by atoms with Gasteiger partial charge in [0, 0.05) is 11.8 Å². The number of hydrogen-bond acceptors (Lipinski definition) is 4. The van der Waals surface area contributed by atoms with Gasteiger partial charge in [0.2, 0.25) is 0 Å². The molecule has 0 aliphatic rings. The van der Waals surface area contributed by atoms with Crippen LogP contribution < -0.4 is 0 Å². The highest BCUT2D eigenvalue weighted by atomic mass is 16.5. The lowest BCUT2D eigenvalue weighted by atomic mass is 10.5. The zero-order chi connectivity index (χ0) is 10.1. The van der Waals surface area contributed by atoms with E-state index in [-0.39, 0.29) is 6.61 Å². The minimum absolute atomic E-state index is 0.262. The Morgan fingerprint density at radius 3 is 2.15 bits per heavy atom. The average Bonchev–Trinajstić information content (AvgIpc) is 2.12. The van der Waals surface area contributed by atoms with Crippen LogP contribution in [0, 0.1) is 23.7 Å². The maximum absolute atomic E-state index is 10.6. The molecule has 0 aliphatic carbocycles. The maximum Gasteiger partial charge on any atom is 0.385 e. The fourth-order valence-electron chi connectivity index (χ4n) is 0.383. The Kier molecular flexibility index (Phi) is 5.74. The summed E-state index contributed by atoms with van der Waals surface area (Å²) in [6.07, 6.45) is 0. The first-order valence-electron chi connectivity index (χ1n) is 3.47. The first-order chi connectivity index (χ1) is 6.20. The Balaban J connectivity index is 4.03. The topological polar surface area (TPSA) is 52.6 Å². The zero-order valence-corrected chi connectivity index (χ0v) is 7.34. The Labute approximate surface area is 76.2 Å². The van der Waals surface area contributed by atoms with E-state index in [1.165, 1.54) is 7.11 Å². The molecule has 0 atom stereocenters. The van der Waals surface area contributed by atoms with Crippen LogP contribution in [-0.4, -0.2) is 25.7 Å². The van der Waals surface area contributed by atoms with Crippen molar-refractivity contribution in [3.63, 3.8) is 0 Å². The molecule has 4 nitrogen and oxygen atoms in total. The molecule has 0 saturated heterocycles. The van der Waals surface area contributed by atoms with Crippen molar-refractivity contribution in [1.29, 1.82) is 0 Å². The van der Waals surface area contributed by atoms with Gasteiger partial charge in [0.25, 0.3) is 0 Å². The molecule has 13 heavy (non-hydrogen) atoms. The molecule has 68 valence electrons. The number of rotatable bonds is 1. The van der Waals surface area contributed by atoms with Gasteiger partial charge in [0.1, 0.15) is 0 Å². The predicted molar refractivity (Wildman–Crippen MR) is 44.2 cm³/mol. The number of esters is 2. The summed E-state index contributed by atoms with van der Waals surface area (Å²) in [7, 11) is 1.20. The van der Waals surface area contributed by atoms with Crippen LogP contribution in [0.4, 0.5) is 0 Å². The number of carbonyl (C=O) groups is 2. The monoisotopic (exact) mass is 180 g/mol. The molecule has 0 aromatic rings. The molecule has 0 heterocycles. The van der Waals surface area contributed by atoms with E-state index in [0.717, 1.165) is 0 Å². The van der Waals surface area contributed by atoms with Gasteiger partial charge in [-0.05, 0) is 18.8 Å². The van der Waals surface area contributed by atoms with Crippen LogP contribution in [0.3, 0.4) is 0 Å².